The van der Waals surface area contributed by atoms with Crippen molar-refractivity contribution in [2.75, 3.05) is 42.5 Å². The van der Waals surface area contributed by atoms with Crippen LogP contribution in [-0.2, 0) is 16.0 Å². The van der Waals surface area contributed by atoms with Gasteiger partial charge in [0.1, 0.15) is 5.75 Å². The monoisotopic (exact) mass is 405 g/mol. The van der Waals surface area contributed by atoms with Crippen molar-refractivity contribution in [2.45, 2.75) is 31.8 Å². The molecule has 6 heteroatoms. The fraction of sp³-hybridized carbons (Fsp3) is 0.417. The average molecular weight is 405 g/mol. The molecule has 2 aromatic rings. The van der Waals surface area contributed by atoms with E-state index in [1.807, 2.05) is 57.2 Å². The van der Waals surface area contributed by atoms with Gasteiger partial charge in [0, 0.05) is 25.3 Å². The van der Waals surface area contributed by atoms with Crippen LogP contribution in [0.1, 0.15) is 24.8 Å². The molecule has 1 atom stereocenters. The average Bonchev–Trinajstić information content (AvgIpc) is 3.23. The summed E-state index contributed by atoms with van der Waals surface area (Å²) in [5.41, 5.74) is 3.09. The number of nitrogens with zero attached hydrogens (tertiary/aromatic N) is 3. The summed E-state index contributed by atoms with van der Waals surface area (Å²) in [4.78, 5) is 32.1. The van der Waals surface area contributed by atoms with E-state index in [-0.39, 0.29) is 18.4 Å². The minimum absolute atomic E-state index is 0.0353. The number of piperidine rings is 1. The first kappa shape index (κ1) is 19.0. The van der Waals surface area contributed by atoms with Crippen molar-refractivity contribution >= 4 is 23.2 Å². The van der Waals surface area contributed by atoms with Gasteiger partial charge in [-0.2, -0.15) is 0 Å². The van der Waals surface area contributed by atoms with Crippen molar-refractivity contribution in [3.05, 3.63) is 54.1 Å². The number of amides is 2. The zero-order chi connectivity index (χ0) is 20.5. The maximum Gasteiger partial charge on any atom is 0.265 e. The minimum Gasteiger partial charge on any atom is -0.477 e. The van der Waals surface area contributed by atoms with Gasteiger partial charge in [-0.05, 0) is 49.4 Å². The first-order valence-corrected chi connectivity index (χ1v) is 10.9. The largest absolute Gasteiger partial charge is 0.477 e. The summed E-state index contributed by atoms with van der Waals surface area (Å²) in [6.07, 6.45) is 3.59. The smallest absolute Gasteiger partial charge is 0.265 e. The molecule has 6 nitrogen and oxygen atoms in total. The summed E-state index contributed by atoms with van der Waals surface area (Å²) in [5, 5.41) is 0. The number of ether oxygens (including phenoxy) is 1. The zero-order valence-electron chi connectivity index (χ0n) is 17.1. The third-order valence-corrected chi connectivity index (χ3v) is 6.32. The maximum absolute atomic E-state index is 13.2. The molecule has 2 aromatic carbocycles. The van der Waals surface area contributed by atoms with Crippen LogP contribution in [0.25, 0.3) is 0 Å². The minimum atomic E-state index is -0.573. The van der Waals surface area contributed by atoms with Crippen LogP contribution in [0.2, 0.25) is 0 Å². The van der Waals surface area contributed by atoms with Crippen molar-refractivity contribution in [2.24, 2.45) is 0 Å². The lowest BCUT2D eigenvalue weighted by atomic mass is 10.1. The predicted molar refractivity (Wildman–Crippen MR) is 116 cm³/mol. The Kier molecular flexibility index (Phi) is 5.07. The topological polar surface area (TPSA) is 53.1 Å². The van der Waals surface area contributed by atoms with Gasteiger partial charge in [0.05, 0.1) is 18.8 Å². The van der Waals surface area contributed by atoms with Crippen LogP contribution >= 0.6 is 0 Å². The number of carbonyl (C=O) groups is 2. The van der Waals surface area contributed by atoms with E-state index in [4.69, 9.17) is 4.74 Å². The van der Waals surface area contributed by atoms with Crippen molar-refractivity contribution < 1.29 is 14.3 Å². The molecule has 0 aromatic heterocycles. The van der Waals surface area contributed by atoms with Crippen molar-refractivity contribution in [1.29, 1.82) is 0 Å². The SMILES string of the molecule is O=C(C1CN(CC(=O)N2CCc3ccccc32)c2ccccc2O1)N1CCCCC1. The number of para-hydroxylation sites is 3. The lowest BCUT2D eigenvalue weighted by Gasteiger charge is -2.38. The third-order valence-electron chi connectivity index (χ3n) is 6.32. The molecule has 30 heavy (non-hydrogen) atoms. The number of fused-ring (bicyclic) bond motifs is 2. The second-order valence-electron chi connectivity index (χ2n) is 8.26. The van der Waals surface area contributed by atoms with Crippen LogP contribution in [0.15, 0.2) is 48.5 Å². The first-order valence-electron chi connectivity index (χ1n) is 10.9. The highest BCUT2D eigenvalue weighted by atomic mass is 16.5. The number of likely N-dealkylation sites (tertiary alicyclic amines) is 1. The van der Waals surface area contributed by atoms with E-state index in [9.17, 15) is 9.59 Å². The summed E-state index contributed by atoms with van der Waals surface area (Å²) in [7, 11) is 0. The predicted octanol–water partition coefficient (Wildman–Crippen LogP) is 2.86. The molecule has 0 spiro atoms. The van der Waals surface area contributed by atoms with E-state index in [2.05, 4.69) is 6.07 Å². The van der Waals surface area contributed by atoms with Crippen LogP contribution in [0.5, 0.6) is 5.75 Å². The highest BCUT2D eigenvalue weighted by molar-refractivity contribution is 5.98. The van der Waals surface area contributed by atoms with Crippen LogP contribution in [0.3, 0.4) is 0 Å². The lowest BCUT2D eigenvalue weighted by Crippen LogP contribution is -2.53. The second-order valence-corrected chi connectivity index (χ2v) is 8.26. The highest BCUT2D eigenvalue weighted by Gasteiger charge is 2.35. The van der Waals surface area contributed by atoms with Crippen LogP contribution < -0.4 is 14.5 Å². The molecule has 3 aliphatic heterocycles. The molecule has 3 aliphatic rings. The Morgan fingerprint density at radius 2 is 1.63 bits per heavy atom. The van der Waals surface area contributed by atoms with Gasteiger partial charge in [-0.3, -0.25) is 9.59 Å². The molecule has 5 rings (SSSR count). The number of anilines is 2. The van der Waals surface area contributed by atoms with Crippen LogP contribution in [0, 0.1) is 0 Å². The van der Waals surface area contributed by atoms with E-state index >= 15 is 0 Å². The molecule has 1 fully saturated rings. The second kappa shape index (κ2) is 8.01. The lowest BCUT2D eigenvalue weighted by molar-refractivity contribution is -0.139. The van der Waals surface area contributed by atoms with Gasteiger partial charge in [0.15, 0.2) is 6.10 Å². The summed E-state index contributed by atoms with van der Waals surface area (Å²) < 4.78 is 6.08. The number of hydrogen-bond donors (Lipinski definition) is 0. The molecular formula is C24H27N3O3. The standard InChI is InChI=1S/C24H27N3O3/c28-23(27-15-12-18-8-2-3-9-19(18)27)17-26-16-22(24(29)25-13-6-1-7-14-25)30-21-11-5-4-10-20(21)26/h2-5,8-11,22H,1,6-7,12-17H2. The van der Waals surface area contributed by atoms with Gasteiger partial charge in [-0.15, -0.1) is 0 Å². The Morgan fingerprint density at radius 1 is 0.900 bits per heavy atom. The molecule has 1 saturated heterocycles. The molecule has 0 N–H and O–H groups in total. The fourth-order valence-corrected chi connectivity index (χ4v) is 4.75. The fourth-order valence-electron chi connectivity index (χ4n) is 4.75. The molecule has 3 heterocycles. The zero-order valence-corrected chi connectivity index (χ0v) is 17.1. The first-order chi connectivity index (χ1) is 14.7. The normalized spacial score (nSPS) is 20.4. The summed E-state index contributed by atoms with van der Waals surface area (Å²) >= 11 is 0. The molecule has 2 amide bonds. The third kappa shape index (κ3) is 3.51. The number of benzene rings is 2. The van der Waals surface area contributed by atoms with Gasteiger partial charge in [-0.25, -0.2) is 0 Å². The summed E-state index contributed by atoms with van der Waals surface area (Å²) in [6, 6.07) is 15.8. The van der Waals surface area contributed by atoms with Crippen molar-refractivity contribution in [3.63, 3.8) is 0 Å². The Balaban J connectivity index is 1.35. The Labute approximate surface area is 177 Å². The Hall–Kier alpha value is -3.02. The van der Waals surface area contributed by atoms with Crippen molar-refractivity contribution in [3.8, 4) is 5.75 Å². The van der Waals surface area contributed by atoms with Gasteiger partial charge < -0.3 is 19.4 Å². The molecule has 1 unspecified atom stereocenters. The number of rotatable bonds is 3. The van der Waals surface area contributed by atoms with Crippen LogP contribution in [0.4, 0.5) is 11.4 Å². The van der Waals surface area contributed by atoms with Gasteiger partial charge in [0.2, 0.25) is 5.91 Å². The van der Waals surface area contributed by atoms with E-state index in [1.165, 1.54) is 12.0 Å². The number of carbonyl (C=O) groups excluding carboxylic acids is 2. The van der Waals surface area contributed by atoms with Gasteiger partial charge >= 0.3 is 0 Å². The van der Waals surface area contributed by atoms with Gasteiger partial charge in [0.25, 0.3) is 5.91 Å². The molecule has 0 aliphatic carbocycles. The molecule has 0 radical (unpaired) electrons. The molecule has 156 valence electrons. The van der Waals surface area contributed by atoms with E-state index in [1.54, 1.807) is 0 Å². The van der Waals surface area contributed by atoms with Gasteiger partial charge in [-0.1, -0.05) is 30.3 Å². The maximum atomic E-state index is 13.2. The van der Waals surface area contributed by atoms with E-state index in [0.29, 0.717) is 18.8 Å². The highest BCUT2D eigenvalue weighted by Crippen LogP contribution is 2.34. The quantitative estimate of drug-likeness (QED) is 0.788. The molecule has 0 saturated carbocycles. The Morgan fingerprint density at radius 3 is 2.47 bits per heavy atom. The van der Waals surface area contributed by atoms with E-state index < -0.39 is 6.10 Å². The van der Waals surface area contributed by atoms with E-state index in [0.717, 1.165) is 43.7 Å². The summed E-state index contributed by atoms with van der Waals surface area (Å²) in [5.74, 6) is 0.766. The molecule has 0 bridgehead atoms. The Bertz CT molecular complexity index is 954. The van der Waals surface area contributed by atoms with Crippen molar-refractivity contribution in [1.82, 2.24) is 4.90 Å². The molecular weight excluding hydrogens is 378 g/mol. The summed E-state index contributed by atoms with van der Waals surface area (Å²) in [6.45, 7) is 2.93. The number of hydrogen-bond acceptors (Lipinski definition) is 4. The van der Waals surface area contributed by atoms with Crippen LogP contribution in [-0.4, -0.2) is 55.5 Å².